The van der Waals surface area contributed by atoms with E-state index < -0.39 is 17.9 Å². The van der Waals surface area contributed by atoms with Crippen molar-refractivity contribution in [2.45, 2.75) is 38.7 Å². The molecule has 4 rings (SSSR count). The zero-order valence-electron chi connectivity index (χ0n) is 22.3. The van der Waals surface area contributed by atoms with Crippen LogP contribution >= 0.6 is 0 Å². The van der Waals surface area contributed by atoms with Crippen LogP contribution in [0.2, 0.25) is 0 Å². The first-order valence-electron chi connectivity index (χ1n) is 13.1. The maximum Gasteiger partial charge on any atom is 0.416 e. The SMILES string of the molecule is CC(CN)Cc1cc(C2=CC3=CN(c4ccc(CNCCCN=C(N)N)cc4)C(=O)NC3N2)cc(C(F)(F)F)c1. The summed E-state index contributed by atoms with van der Waals surface area (Å²) in [5.41, 5.74) is 19.5. The van der Waals surface area contributed by atoms with Crippen molar-refractivity contribution >= 4 is 23.4 Å². The minimum atomic E-state index is -4.48. The molecule has 0 saturated heterocycles. The van der Waals surface area contributed by atoms with Gasteiger partial charge in [-0.2, -0.15) is 13.2 Å². The normalized spacial score (nSPS) is 17.4. The summed E-state index contributed by atoms with van der Waals surface area (Å²) in [6.45, 7) is 4.23. The molecule has 2 aromatic carbocycles. The second-order valence-corrected chi connectivity index (χ2v) is 10.0. The average Bonchev–Trinajstić information content (AvgIpc) is 3.32. The Morgan fingerprint density at radius 2 is 1.88 bits per heavy atom. The molecular weight excluding hydrogens is 521 g/mol. The van der Waals surface area contributed by atoms with Crippen molar-refractivity contribution in [3.8, 4) is 0 Å². The summed E-state index contributed by atoms with van der Waals surface area (Å²) >= 11 is 0. The van der Waals surface area contributed by atoms with Crippen molar-refractivity contribution in [2.75, 3.05) is 24.5 Å². The van der Waals surface area contributed by atoms with Crippen molar-refractivity contribution in [2.24, 2.45) is 28.1 Å². The second-order valence-electron chi connectivity index (χ2n) is 10.0. The Balaban J connectivity index is 1.48. The van der Waals surface area contributed by atoms with Crippen molar-refractivity contribution in [3.05, 3.63) is 82.6 Å². The third-order valence-corrected chi connectivity index (χ3v) is 6.68. The van der Waals surface area contributed by atoms with E-state index in [1.165, 1.54) is 11.0 Å². The van der Waals surface area contributed by atoms with Gasteiger partial charge in [0.2, 0.25) is 0 Å². The highest BCUT2D eigenvalue weighted by Crippen LogP contribution is 2.34. The molecule has 0 saturated carbocycles. The number of aliphatic imine (C=N–C) groups is 1. The Labute approximate surface area is 231 Å². The van der Waals surface area contributed by atoms with Crippen LogP contribution in [-0.4, -0.2) is 37.8 Å². The molecular formula is C28H35F3N8O. The number of carbonyl (C=O) groups is 1. The molecule has 2 aliphatic heterocycles. The average molecular weight is 557 g/mol. The number of nitrogens with one attached hydrogen (secondary N) is 3. The predicted molar refractivity (Wildman–Crippen MR) is 151 cm³/mol. The summed E-state index contributed by atoms with van der Waals surface area (Å²) < 4.78 is 41.0. The molecule has 0 aromatic heterocycles. The van der Waals surface area contributed by atoms with E-state index in [9.17, 15) is 18.0 Å². The standard InChI is InChI=1S/C28H35F3N8O/c1-17(14-32)9-19-10-20(12-22(11-19)28(29,30)31)24-13-21-16-39(27(40)38-25(21)37-24)23-5-3-18(4-6-23)15-35-7-2-8-36-26(33)34/h3-6,10-13,16-17,25,35,37H,2,7-9,14-15,32H2,1H3,(H,38,40)(H4,33,34,36). The van der Waals surface area contributed by atoms with Gasteiger partial charge in [-0.25, -0.2) is 4.79 Å². The van der Waals surface area contributed by atoms with Crippen molar-refractivity contribution in [3.63, 3.8) is 0 Å². The number of hydrogen-bond donors (Lipinski definition) is 6. The first kappa shape index (κ1) is 29.0. The lowest BCUT2D eigenvalue weighted by molar-refractivity contribution is -0.137. The molecule has 0 bridgehead atoms. The minimum absolute atomic E-state index is 0.0399. The van der Waals surface area contributed by atoms with E-state index in [-0.39, 0.29) is 17.9 Å². The number of anilines is 1. The fourth-order valence-corrected chi connectivity index (χ4v) is 4.55. The lowest BCUT2D eigenvalue weighted by atomic mass is 9.96. The number of halogens is 3. The number of hydrogen-bond acceptors (Lipinski definition) is 5. The van der Waals surface area contributed by atoms with E-state index in [2.05, 4.69) is 20.9 Å². The van der Waals surface area contributed by atoms with Gasteiger partial charge in [0.1, 0.15) is 6.17 Å². The van der Waals surface area contributed by atoms with Crippen LogP contribution in [0.15, 0.2) is 65.3 Å². The number of rotatable bonds is 11. The quantitative estimate of drug-likeness (QED) is 0.143. The molecule has 2 aliphatic rings. The molecule has 0 spiro atoms. The highest BCUT2D eigenvalue weighted by molar-refractivity contribution is 5.96. The van der Waals surface area contributed by atoms with Crippen LogP contribution in [0.3, 0.4) is 0 Å². The summed E-state index contributed by atoms with van der Waals surface area (Å²) in [5, 5.41) is 9.35. The van der Waals surface area contributed by atoms with Gasteiger partial charge in [-0.15, -0.1) is 0 Å². The maximum atomic E-state index is 13.7. The Hall–Kier alpha value is -4.03. The van der Waals surface area contributed by atoms with Crippen molar-refractivity contribution in [1.82, 2.24) is 16.0 Å². The fraction of sp³-hybridized carbons (Fsp3) is 0.357. The molecule has 40 heavy (non-hydrogen) atoms. The first-order chi connectivity index (χ1) is 19.0. The van der Waals surface area contributed by atoms with Gasteiger partial charge in [0.05, 0.1) is 11.3 Å². The topological polar surface area (TPSA) is 147 Å². The summed E-state index contributed by atoms with van der Waals surface area (Å²) in [5.74, 6) is 0.120. The molecule has 2 amide bonds. The molecule has 0 radical (unpaired) electrons. The molecule has 2 aromatic rings. The maximum absolute atomic E-state index is 13.7. The van der Waals surface area contributed by atoms with Gasteiger partial charge >= 0.3 is 12.2 Å². The molecule has 214 valence electrons. The van der Waals surface area contributed by atoms with Gasteiger partial charge in [0, 0.05) is 30.6 Å². The first-order valence-corrected chi connectivity index (χ1v) is 13.1. The molecule has 0 fully saturated rings. The van der Waals surface area contributed by atoms with Crippen LogP contribution < -0.4 is 38.1 Å². The number of nitrogens with zero attached hydrogens (tertiary/aromatic N) is 2. The van der Waals surface area contributed by atoms with Crippen LogP contribution in [0.4, 0.5) is 23.7 Å². The minimum Gasteiger partial charge on any atom is -0.370 e. The highest BCUT2D eigenvalue weighted by Gasteiger charge is 2.34. The van der Waals surface area contributed by atoms with E-state index >= 15 is 0 Å². The highest BCUT2D eigenvalue weighted by atomic mass is 19.4. The van der Waals surface area contributed by atoms with Gasteiger partial charge < -0.3 is 33.2 Å². The fourth-order valence-electron chi connectivity index (χ4n) is 4.55. The smallest absolute Gasteiger partial charge is 0.370 e. The number of amides is 2. The summed E-state index contributed by atoms with van der Waals surface area (Å²) in [6, 6.07) is 11.2. The summed E-state index contributed by atoms with van der Waals surface area (Å²) in [7, 11) is 0. The third-order valence-electron chi connectivity index (χ3n) is 6.68. The predicted octanol–water partition coefficient (Wildman–Crippen LogP) is 2.98. The van der Waals surface area contributed by atoms with Gasteiger partial charge in [0.25, 0.3) is 0 Å². The van der Waals surface area contributed by atoms with E-state index in [4.69, 9.17) is 17.2 Å². The number of fused-ring (bicyclic) bond motifs is 1. The van der Waals surface area contributed by atoms with E-state index in [0.29, 0.717) is 48.6 Å². The number of nitrogens with two attached hydrogens (primary N) is 3. The van der Waals surface area contributed by atoms with Crippen LogP contribution in [0, 0.1) is 5.92 Å². The molecule has 12 heteroatoms. The molecule has 9 N–H and O–H groups in total. The van der Waals surface area contributed by atoms with Gasteiger partial charge in [-0.1, -0.05) is 19.1 Å². The zero-order valence-corrected chi connectivity index (χ0v) is 22.3. The van der Waals surface area contributed by atoms with E-state index in [1.54, 1.807) is 18.3 Å². The molecule has 2 heterocycles. The largest absolute Gasteiger partial charge is 0.416 e. The number of guanidine groups is 1. The van der Waals surface area contributed by atoms with Crippen LogP contribution in [-0.2, 0) is 19.1 Å². The summed E-state index contributed by atoms with van der Waals surface area (Å²) in [4.78, 5) is 18.3. The molecule has 9 nitrogen and oxygen atoms in total. The van der Waals surface area contributed by atoms with E-state index in [0.717, 1.165) is 30.2 Å². The molecule has 0 aliphatic carbocycles. The lowest BCUT2D eigenvalue weighted by Gasteiger charge is -2.29. The van der Waals surface area contributed by atoms with Gasteiger partial charge in [-0.05, 0) is 84.9 Å². The van der Waals surface area contributed by atoms with Crippen molar-refractivity contribution in [1.29, 1.82) is 0 Å². The monoisotopic (exact) mass is 556 g/mol. The second kappa shape index (κ2) is 12.4. The van der Waals surface area contributed by atoms with Crippen LogP contribution in [0.25, 0.3) is 5.70 Å². The summed E-state index contributed by atoms with van der Waals surface area (Å²) in [6.07, 6.45) is -0.323. The lowest BCUT2D eigenvalue weighted by Crippen LogP contribution is -2.51. The van der Waals surface area contributed by atoms with Crippen molar-refractivity contribution < 1.29 is 18.0 Å². The molecule has 2 atom stereocenters. The van der Waals surface area contributed by atoms with Gasteiger partial charge in [-0.3, -0.25) is 9.89 Å². The number of benzene rings is 2. The van der Waals surface area contributed by atoms with Crippen LogP contribution in [0.1, 0.15) is 35.6 Å². The zero-order chi connectivity index (χ0) is 28.9. The Morgan fingerprint density at radius 3 is 2.55 bits per heavy atom. The Morgan fingerprint density at radius 1 is 1.12 bits per heavy atom. The Bertz CT molecular complexity index is 1300. The Kier molecular flexibility index (Phi) is 9.00. The number of carbonyl (C=O) groups excluding carboxylic acids is 1. The number of urea groups is 1. The number of alkyl halides is 3. The van der Waals surface area contributed by atoms with Gasteiger partial charge in [0.15, 0.2) is 5.96 Å². The van der Waals surface area contributed by atoms with Crippen LogP contribution in [0.5, 0.6) is 0 Å². The molecule has 2 unspecified atom stereocenters. The third kappa shape index (κ3) is 7.33. The van der Waals surface area contributed by atoms with E-state index in [1.807, 2.05) is 31.2 Å².